The lowest BCUT2D eigenvalue weighted by Gasteiger charge is -2.27. The average molecular weight is 317 g/mol. The number of aryl methyl sites for hydroxylation is 1. The number of nitrogens with one attached hydrogen (secondary N) is 2. The lowest BCUT2D eigenvalue weighted by atomic mass is 10.0. The van der Waals surface area contributed by atoms with E-state index in [4.69, 9.17) is 12.2 Å². The zero-order chi connectivity index (χ0) is 15.5. The second-order valence-electron chi connectivity index (χ2n) is 6.44. The Morgan fingerprint density at radius 2 is 2.14 bits per heavy atom. The van der Waals surface area contributed by atoms with Crippen LogP contribution in [0.25, 0.3) is 11.4 Å². The van der Waals surface area contributed by atoms with Gasteiger partial charge in [0.05, 0.1) is 13.1 Å². The van der Waals surface area contributed by atoms with Gasteiger partial charge < -0.3 is 4.90 Å². The Hall–Kier alpha value is -1.46. The number of H-pyrrole nitrogens is 1. The highest BCUT2D eigenvalue weighted by atomic mass is 32.1. The van der Waals surface area contributed by atoms with Crippen molar-refractivity contribution in [2.24, 2.45) is 5.92 Å². The van der Waals surface area contributed by atoms with E-state index in [9.17, 15) is 0 Å². The molecule has 0 radical (unpaired) electrons. The molecule has 4 nitrogen and oxygen atoms in total. The Kier molecular flexibility index (Phi) is 4.74. The number of likely N-dealkylation sites (tertiary alicyclic amines) is 1. The van der Waals surface area contributed by atoms with Crippen molar-refractivity contribution in [3.8, 4) is 11.4 Å². The Balaban J connectivity index is 1.76. The summed E-state index contributed by atoms with van der Waals surface area (Å²) in [4.78, 5) is 6.12. The molecule has 0 aliphatic carbocycles. The number of aromatic amines is 1. The van der Waals surface area contributed by atoms with Crippen LogP contribution < -0.4 is 4.90 Å². The molecule has 22 heavy (non-hydrogen) atoms. The second-order valence-corrected chi connectivity index (χ2v) is 6.81. The van der Waals surface area contributed by atoms with E-state index < -0.39 is 0 Å². The molecular weight excluding hydrogens is 292 g/mol. The monoisotopic (exact) mass is 317 g/mol. The molecular formula is C17H25N4S+. The molecule has 1 aromatic heterocycles. The van der Waals surface area contributed by atoms with E-state index in [1.807, 2.05) is 4.68 Å². The molecule has 3 rings (SSSR count). The van der Waals surface area contributed by atoms with Crippen molar-refractivity contribution in [1.82, 2.24) is 14.8 Å². The van der Waals surface area contributed by atoms with E-state index in [-0.39, 0.29) is 0 Å². The Bertz CT molecular complexity index is 671. The van der Waals surface area contributed by atoms with Crippen LogP contribution in [0.2, 0.25) is 0 Å². The van der Waals surface area contributed by atoms with Crippen LogP contribution in [0.4, 0.5) is 0 Å². The first-order valence-corrected chi connectivity index (χ1v) is 8.66. The van der Waals surface area contributed by atoms with Gasteiger partial charge in [0.2, 0.25) is 4.77 Å². The third-order valence-corrected chi connectivity index (χ3v) is 4.87. The summed E-state index contributed by atoms with van der Waals surface area (Å²) < 4.78 is 2.67. The fourth-order valence-corrected chi connectivity index (χ4v) is 3.46. The standard InChI is InChI=1S/C17H24N4S/c1-3-14-6-8-15(9-7-14)16-18-17(22)21(19-16)12-20-10-4-5-13(2)11-20/h6-9,13H,3-5,10-12H2,1-2H3,(H,18,19,22)/p+1/t13-/m0/s1. The average Bonchev–Trinajstić information content (AvgIpc) is 2.88. The van der Waals surface area contributed by atoms with E-state index in [0.717, 1.165) is 30.4 Å². The summed E-state index contributed by atoms with van der Waals surface area (Å²) in [5, 5.41) is 3.38. The zero-order valence-corrected chi connectivity index (χ0v) is 14.2. The number of benzene rings is 1. The molecule has 2 heterocycles. The van der Waals surface area contributed by atoms with Gasteiger partial charge >= 0.3 is 0 Å². The van der Waals surface area contributed by atoms with Gasteiger partial charge in [0.1, 0.15) is 0 Å². The Labute approximate surface area is 137 Å². The molecule has 0 amide bonds. The van der Waals surface area contributed by atoms with Crippen molar-refractivity contribution in [2.75, 3.05) is 13.1 Å². The molecule has 1 saturated heterocycles. The van der Waals surface area contributed by atoms with Crippen molar-refractivity contribution in [3.05, 3.63) is 34.6 Å². The Morgan fingerprint density at radius 1 is 1.36 bits per heavy atom. The van der Waals surface area contributed by atoms with Gasteiger partial charge in [0, 0.05) is 11.5 Å². The minimum atomic E-state index is 0.653. The van der Waals surface area contributed by atoms with Crippen molar-refractivity contribution < 1.29 is 4.90 Å². The minimum absolute atomic E-state index is 0.653. The number of quaternary nitrogens is 1. The number of aromatic nitrogens is 3. The van der Waals surface area contributed by atoms with Gasteiger partial charge in [-0.15, -0.1) is 0 Å². The predicted molar refractivity (Wildman–Crippen MR) is 91.3 cm³/mol. The fraction of sp³-hybridized carbons (Fsp3) is 0.529. The number of rotatable bonds is 4. The quantitative estimate of drug-likeness (QED) is 0.850. The third kappa shape index (κ3) is 3.47. The van der Waals surface area contributed by atoms with Crippen LogP contribution in [0.3, 0.4) is 0 Å². The molecule has 0 bridgehead atoms. The van der Waals surface area contributed by atoms with Crippen LogP contribution >= 0.6 is 12.2 Å². The van der Waals surface area contributed by atoms with Crippen LogP contribution in [0.5, 0.6) is 0 Å². The molecule has 118 valence electrons. The number of nitrogens with zero attached hydrogens (tertiary/aromatic N) is 2. The van der Waals surface area contributed by atoms with Crippen molar-refractivity contribution in [2.45, 2.75) is 39.8 Å². The van der Waals surface area contributed by atoms with Gasteiger partial charge in [-0.25, -0.2) is 4.68 Å². The molecule has 2 atom stereocenters. The molecule has 1 aromatic carbocycles. The van der Waals surface area contributed by atoms with Crippen molar-refractivity contribution >= 4 is 12.2 Å². The van der Waals surface area contributed by atoms with E-state index in [1.165, 1.54) is 31.5 Å². The Morgan fingerprint density at radius 3 is 2.82 bits per heavy atom. The van der Waals surface area contributed by atoms with E-state index in [0.29, 0.717) is 4.77 Å². The molecule has 0 spiro atoms. The first kappa shape index (κ1) is 15.4. The van der Waals surface area contributed by atoms with Gasteiger partial charge in [0.15, 0.2) is 12.5 Å². The molecule has 5 heteroatoms. The fourth-order valence-electron chi connectivity index (χ4n) is 3.26. The molecule has 0 saturated carbocycles. The van der Waals surface area contributed by atoms with Crippen molar-refractivity contribution in [3.63, 3.8) is 0 Å². The molecule has 2 aromatic rings. The summed E-state index contributed by atoms with van der Waals surface area (Å²) in [5.41, 5.74) is 2.44. The highest BCUT2D eigenvalue weighted by Gasteiger charge is 2.20. The molecule has 2 N–H and O–H groups in total. The van der Waals surface area contributed by atoms with Crippen LogP contribution in [0.1, 0.15) is 32.3 Å². The predicted octanol–water partition coefficient (Wildman–Crippen LogP) is 2.44. The maximum atomic E-state index is 5.43. The smallest absolute Gasteiger partial charge is 0.221 e. The first-order valence-electron chi connectivity index (χ1n) is 8.25. The lowest BCUT2D eigenvalue weighted by molar-refractivity contribution is -0.931. The summed E-state index contributed by atoms with van der Waals surface area (Å²) in [6.45, 7) is 7.85. The summed E-state index contributed by atoms with van der Waals surface area (Å²) in [5.74, 6) is 1.68. The maximum absolute atomic E-state index is 5.43. The number of hydrogen-bond acceptors (Lipinski definition) is 2. The molecule has 1 unspecified atom stereocenters. The number of hydrogen-bond donors (Lipinski definition) is 2. The third-order valence-electron chi connectivity index (χ3n) is 4.56. The van der Waals surface area contributed by atoms with Crippen LogP contribution in [-0.4, -0.2) is 27.9 Å². The van der Waals surface area contributed by atoms with Crippen LogP contribution in [-0.2, 0) is 13.1 Å². The molecule has 1 aliphatic rings. The van der Waals surface area contributed by atoms with Crippen molar-refractivity contribution in [1.29, 1.82) is 0 Å². The highest BCUT2D eigenvalue weighted by molar-refractivity contribution is 7.71. The van der Waals surface area contributed by atoms with Gasteiger partial charge in [-0.05, 0) is 37.0 Å². The minimum Gasteiger partial charge on any atom is -0.316 e. The van der Waals surface area contributed by atoms with Crippen LogP contribution in [0, 0.1) is 10.7 Å². The largest absolute Gasteiger partial charge is 0.316 e. The first-order chi connectivity index (χ1) is 10.7. The number of piperidine rings is 1. The summed E-state index contributed by atoms with van der Waals surface area (Å²) >= 11 is 5.43. The summed E-state index contributed by atoms with van der Waals surface area (Å²) in [6, 6.07) is 8.55. The van der Waals surface area contributed by atoms with E-state index in [2.05, 4.69) is 48.2 Å². The maximum Gasteiger partial charge on any atom is 0.221 e. The zero-order valence-electron chi connectivity index (χ0n) is 13.4. The topological polar surface area (TPSA) is 38.0 Å². The van der Waals surface area contributed by atoms with Gasteiger partial charge in [-0.3, -0.25) is 5.10 Å². The van der Waals surface area contributed by atoms with E-state index in [1.54, 1.807) is 4.90 Å². The summed E-state index contributed by atoms with van der Waals surface area (Å²) in [7, 11) is 0. The molecule has 1 fully saturated rings. The van der Waals surface area contributed by atoms with Gasteiger partial charge in [-0.2, -0.15) is 4.98 Å². The second kappa shape index (κ2) is 6.75. The normalized spacial score (nSPS) is 21.9. The highest BCUT2D eigenvalue weighted by Crippen LogP contribution is 2.16. The van der Waals surface area contributed by atoms with Crippen LogP contribution in [0.15, 0.2) is 24.3 Å². The summed E-state index contributed by atoms with van der Waals surface area (Å²) in [6.07, 6.45) is 3.72. The SMILES string of the molecule is CCc1ccc(-c2nc(=S)n(C[NH+]3CCC[C@H](C)C3)[nH]2)cc1. The van der Waals surface area contributed by atoms with E-state index >= 15 is 0 Å². The van der Waals surface area contributed by atoms with Gasteiger partial charge in [-0.1, -0.05) is 38.1 Å². The van der Waals surface area contributed by atoms with Gasteiger partial charge in [0.25, 0.3) is 0 Å². The lowest BCUT2D eigenvalue weighted by Crippen LogP contribution is -3.12. The molecule has 1 aliphatic heterocycles.